The monoisotopic (exact) mass is 164 g/mol. The molecule has 0 heteroatoms. The van der Waals surface area contributed by atoms with Crippen LogP contribution >= 0.6 is 0 Å². The highest BCUT2D eigenvalue weighted by molar-refractivity contribution is 5.04. The summed E-state index contributed by atoms with van der Waals surface area (Å²) in [4.78, 5) is 0. The predicted octanol–water partition coefficient (Wildman–Crippen LogP) is 3.63. The minimum Gasteiger partial charge on any atom is -0.0883 e. The topological polar surface area (TPSA) is 0 Å². The molecule has 0 aromatic heterocycles. The molecule has 12 heavy (non-hydrogen) atoms. The lowest BCUT2D eigenvalue weighted by molar-refractivity contribution is 0.292. The van der Waals surface area contributed by atoms with E-state index in [1.165, 1.54) is 25.2 Å². The van der Waals surface area contributed by atoms with Crippen LogP contribution in [-0.2, 0) is 0 Å². The highest BCUT2D eigenvalue weighted by Crippen LogP contribution is 2.60. The Kier molecular flexibility index (Phi) is 2.25. The molecule has 0 bridgehead atoms. The van der Waals surface area contributed by atoms with E-state index >= 15 is 0 Å². The fraction of sp³-hybridized carbons (Fsp3) is 0.833. The third-order valence-electron chi connectivity index (χ3n) is 3.40. The molecule has 0 spiro atoms. The van der Waals surface area contributed by atoms with E-state index in [0.29, 0.717) is 0 Å². The van der Waals surface area contributed by atoms with Crippen molar-refractivity contribution in [3.63, 3.8) is 0 Å². The summed E-state index contributed by atoms with van der Waals surface area (Å²) >= 11 is 0. The third kappa shape index (κ3) is 1.73. The Hall–Kier alpha value is -0.260. The van der Waals surface area contributed by atoms with Crippen LogP contribution in [0.2, 0.25) is 0 Å². The Bertz CT molecular complexity index is 178. The molecule has 0 nitrogen and oxygen atoms in total. The maximum atomic E-state index is 2.42. The average molecular weight is 164 g/mol. The van der Waals surface area contributed by atoms with Gasteiger partial charge in [-0.2, -0.15) is 0 Å². The summed E-state index contributed by atoms with van der Waals surface area (Å²) in [6.07, 6.45) is 10.5. The van der Waals surface area contributed by atoms with Crippen molar-refractivity contribution in [2.75, 3.05) is 0 Å². The zero-order valence-electron chi connectivity index (χ0n) is 8.29. The summed E-state index contributed by atoms with van der Waals surface area (Å²) in [5.74, 6) is 4.25. The largest absolute Gasteiger partial charge is 0.0883 e. The molecule has 0 amide bonds. The van der Waals surface area contributed by atoms with Gasteiger partial charge in [-0.25, -0.2) is 0 Å². The van der Waals surface area contributed by atoms with E-state index in [4.69, 9.17) is 0 Å². The number of rotatable bonds is 4. The van der Waals surface area contributed by atoms with Crippen LogP contribution in [0, 0.1) is 23.7 Å². The maximum absolute atomic E-state index is 2.42. The third-order valence-corrected chi connectivity index (χ3v) is 3.40. The van der Waals surface area contributed by atoms with Crippen molar-refractivity contribution >= 4 is 0 Å². The van der Waals surface area contributed by atoms with Gasteiger partial charge in [0, 0.05) is 0 Å². The Morgan fingerprint density at radius 2 is 2.08 bits per heavy atom. The quantitative estimate of drug-likeness (QED) is 0.556. The van der Waals surface area contributed by atoms with Gasteiger partial charge in [0.1, 0.15) is 0 Å². The van der Waals surface area contributed by atoms with E-state index in [9.17, 15) is 0 Å². The molecule has 2 aliphatic carbocycles. The molecule has 68 valence electrons. The van der Waals surface area contributed by atoms with Crippen LogP contribution in [0.4, 0.5) is 0 Å². The lowest BCUT2D eigenvalue weighted by atomic mass is 9.83. The molecule has 2 rings (SSSR count). The molecule has 0 aromatic rings. The molecule has 2 fully saturated rings. The second-order valence-corrected chi connectivity index (χ2v) is 4.99. The smallest absolute Gasteiger partial charge is 0.0319 e. The van der Waals surface area contributed by atoms with E-state index in [1.807, 2.05) is 0 Å². The molecule has 2 aliphatic rings. The normalized spacial score (nSPS) is 38.4. The first kappa shape index (κ1) is 8.34. The summed E-state index contributed by atoms with van der Waals surface area (Å²) in [6.45, 7) is 4.56. The maximum Gasteiger partial charge on any atom is -0.0319 e. The molecule has 2 saturated carbocycles. The van der Waals surface area contributed by atoms with Crippen molar-refractivity contribution < 1.29 is 0 Å². The van der Waals surface area contributed by atoms with E-state index in [1.54, 1.807) is 6.42 Å². The highest BCUT2D eigenvalue weighted by atomic mass is 14.6. The highest BCUT2D eigenvalue weighted by Gasteiger charge is 2.52. The number of fused-ring (bicyclic) bond motifs is 1. The minimum absolute atomic E-state index is 0.830. The molecular weight excluding hydrogens is 144 g/mol. The summed E-state index contributed by atoms with van der Waals surface area (Å²) in [7, 11) is 0. The van der Waals surface area contributed by atoms with Crippen molar-refractivity contribution in [3.8, 4) is 0 Å². The van der Waals surface area contributed by atoms with Crippen LogP contribution in [-0.4, -0.2) is 0 Å². The van der Waals surface area contributed by atoms with Gasteiger partial charge in [0.25, 0.3) is 0 Å². The van der Waals surface area contributed by atoms with Crippen LogP contribution < -0.4 is 0 Å². The van der Waals surface area contributed by atoms with Crippen molar-refractivity contribution in [1.29, 1.82) is 0 Å². The van der Waals surface area contributed by atoms with Crippen LogP contribution in [0.25, 0.3) is 0 Å². The lowest BCUT2D eigenvalue weighted by Gasteiger charge is -2.22. The lowest BCUT2D eigenvalue weighted by Crippen LogP contribution is -2.14. The van der Waals surface area contributed by atoms with Crippen molar-refractivity contribution in [3.05, 3.63) is 12.2 Å². The molecule has 3 atom stereocenters. The van der Waals surface area contributed by atoms with E-state index < -0.39 is 0 Å². The number of hydrogen-bond acceptors (Lipinski definition) is 0. The van der Waals surface area contributed by atoms with Crippen LogP contribution in [0.1, 0.15) is 39.5 Å². The van der Waals surface area contributed by atoms with Crippen LogP contribution in [0.15, 0.2) is 12.2 Å². The van der Waals surface area contributed by atoms with Crippen molar-refractivity contribution in [2.24, 2.45) is 23.7 Å². The standard InChI is InChI=1S/C12H20/c1-9(2)5-3-4-6-10-7-11-8-12(10)11/h3-4,9-12H,5-8H2,1-2H3. The molecule has 0 saturated heterocycles. The minimum atomic E-state index is 0.830. The predicted molar refractivity (Wildman–Crippen MR) is 52.9 cm³/mol. The van der Waals surface area contributed by atoms with Gasteiger partial charge in [0.05, 0.1) is 0 Å². The second-order valence-electron chi connectivity index (χ2n) is 4.99. The summed E-state index contributed by atoms with van der Waals surface area (Å²) in [5.41, 5.74) is 0. The van der Waals surface area contributed by atoms with Gasteiger partial charge in [-0.05, 0) is 49.4 Å². The van der Waals surface area contributed by atoms with E-state index in [0.717, 1.165) is 17.8 Å². The SMILES string of the molecule is CC(C)CC=CCC1CC2CC12. The Morgan fingerprint density at radius 1 is 1.25 bits per heavy atom. The van der Waals surface area contributed by atoms with Gasteiger partial charge in [-0.15, -0.1) is 0 Å². The Labute approximate surface area is 76.1 Å². The number of hydrogen-bond donors (Lipinski definition) is 0. The molecule has 0 aromatic carbocycles. The molecular formula is C12H20. The van der Waals surface area contributed by atoms with Gasteiger partial charge in [0.2, 0.25) is 0 Å². The fourth-order valence-electron chi connectivity index (χ4n) is 2.40. The Balaban J connectivity index is 1.58. The Morgan fingerprint density at radius 3 is 2.58 bits per heavy atom. The average Bonchev–Trinajstić information content (AvgIpc) is 2.60. The zero-order valence-corrected chi connectivity index (χ0v) is 8.29. The van der Waals surface area contributed by atoms with Gasteiger partial charge in [-0.1, -0.05) is 26.0 Å². The zero-order chi connectivity index (χ0) is 8.55. The van der Waals surface area contributed by atoms with Gasteiger partial charge in [-0.3, -0.25) is 0 Å². The van der Waals surface area contributed by atoms with Crippen LogP contribution in [0.5, 0.6) is 0 Å². The summed E-state index contributed by atoms with van der Waals surface area (Å²) < 4.78 is 0. The van der Waals surface area contributed by atoms with Gasteiger partial charge >= 0.3 is 0 Å². The molecule has 0 aliphatic heterocycles. The number of allylic oxidation sites excluding steroid dienone is 2. The van der Waals surface area contributed by atoms with Crippen molar-refractivity contribution in [1.82, 2.24) is 0 Å². The van der Waals surface area contributed by atoms with E-state index in [2.05, 4.69) is 26.0 Å². The van der Waals surface area contributed by atoms with Gasteiger partial charge < -0.3 is 0 Å². The summed E-state index contributed by atoms with van der Waals surface area (Å²) in [6, 6.07) is 0. The first-order valence-electron chi connectivity index (χ1n) is 5.42. The molecule has 0 radical (unpaired) electrons. The first-order chi connectivity index (χ1) is 5.77. The van der Waals surface area contributed by atoms with Gasteiger partial charge in [0.15, 0.2) is 0 Å². The molecule has 3 unspecified atom stereocenters. The first-order valence-corrected chi connectivity index (χ1v) is 5.42. The molecule has 0 heterocycles. The van der Waals surface area contributed by atoms with E-state index in [-0.39, 0.29) is 0 Å². The summed E-state index contributed by atoms with van der Waals surface area (Å²) in [5, 5.41) is 0. The molecule has 0 N–H and O–H groups in total. The fourth-order valence-corrected chi connectivity index (χ4v) is 2.40. The van der Waals surface area contributed by atoms with Crippen molar-refractivity contribution in [2.45, 2.75) is 39.5 Å². The second kappa shape index (κ2) is 3.24. The van der Waals surface area contributed by atoms with Crippen LogP contribution in [0.3, 0.4) is 0 Å².